The van der Waals surface area contributed by atoms with Crippen LogP contribution in [-0.4, -0.2) is 11.9 Å². The number of benzene rings is 1. The lowest BCUT2D eigenvalue weighted by molar-refractivity contribution is -0.124. The van der Waals surface area contributed by atoms with Gasteiger partial charge in [-0.05, 0) is 30.5 Å². The fourth-order valence-corrected chi connectivity index (χ4v) is 2.10. The highest BCUT2D eigenvalue weighted by Crippen LogP contribution is 2.18. The molecule has 0 saturated carbocycles. The first-order valence-corrected chi connectivity index (χ1v) is 7.06. The maximum Gasteiger partial charge on any atom is 0.237 e. The Morgan fingerprint density at radius 2 is 2.11 bits per heavy atom. The number of nitrogens with two attached hydrogens (primary N) is 1. The lowest BCUT2D eigenvalue weighted by atomic mass is 9.98. The predicted octanol–water partition coefficient (Wildman–Crippen LogP) is 3.00. The molecule has 1 aromatic carbocycles. The molecule has 0 bridgehead atoms. The van der Waals surface area contributed by atoms with Gasteiger partial charge >= 0.3 is 0 Å². The van der Waals surface area contributed by atoms with Crippen LogP contribution in [0.5, 0.6) is 0 Å². The van der Waals surface area contributed by atoms with E-state index in [2.05, 4.69) is 21.2 Å². The van der Waals surface area contributed by atoms with Crippen molar-refractivity contribution in [2.75, 3.05) is 0 Å². The second kappa shape index (κ2) is 6.90. The van der Waals surface area contributed by atoms with Gasteiger partial charge in [0.15, 0.2) is 0 Å². The summed E-state index contributed by atoms with van der Waals surface area (Å²) in [6.07, 6.45) is 0.903. The van der Waals surface area contributed by atoms with Gasteiger partial charge in [0.05, 0.1) is 12.1 Å². The third kappa shape index (κ3) is 4.10. The van der Waals surface area contributed by atoms with Crippen LogP contribution < -0.4 is 11.1 Å². The average molecular weight is 313 g/mol. The smallest absolute Gasteiger partial charge is 0.237 e. The average Bonchev–Trinajstić information content (AvgIpc) is 2.36. The van der Waals surface area contributed by atoms with Gasteiger partial charge < -0.3 is 11.1 Å². The molecule has 3 atom stereocenters. The van der Waals surface area contributed by atoms with E-state index in [9.17, 15) is 4.79 Å². The van der Waals surface area contributed by atoms with Gasteiger partial charge in [-0.2, -0.15) is 0 Å². The zero-order valence-electron chi connectivity index (χ0n) is 11.1. The Bertz CT molecular complexity index is 409. The van der Waals surface area contributed by atoms with Gasteiger partial charge in [0, 0.05) is 4.47 Å². The summed E-state index contributed by atoms with van der Waals surface area (Å²) in [5.74, 6) is 0.108. The van der Waals surface area contributed by atoms with Crippen molar-refractivity contribution in [2.24, 2.45) is 11.7 Å². The zero-order valence-corrected chi connectivity index (χ0v) is 12.7. The van der Waals surface area contributed by atoms with E-state index in [1.54, 1.807) is 0 Å². The molecule has 0 fully saturated rings. The van der Waals surface area contributed by atoms with Crippen molar-refractivity contribution < 1.29 is 4.79 Å². The van der Waals surface area contributed by atoms with Gasteiger partial charge in [0.2, 0.25) is 5.91 Å². The second-order valence-corrected chi connectivity index (χ2v) is 5.61. The number of carbonyl (C=O) groups excluding carboxylic acids is 1. The minimum absolute atomic E-state index is 0.0369. The Morgan fingerprint density at radius 3 is 2.67 bits per heavy atom. The van der Waals surface area contributed by atoms with Gasteiger partial charge in [-0.3, -0.25) is 4.79 Å². The number of amides is 1. The van der Waals surface area contributed by atoms with Gasteiger partial charge in [0.25, 0.3) is 0 Å². The quantitative estimate of drug-likeness (QED) is 0.878. The first-order chi connectivity index (χ1) is 8.45. The summed E-state index contributed by atoms with van der Waals surface area (Å²) in [6.45, 7) is 5.99. The maximum atomic E-state index is 12.0. The van der Waals surface area contributed by atoms with Crippen molar-refractivity contribution >= 4 is 21.8 Å². The monoisotopic (exact) mass is 312 g/mol. The summed E-state index contributed by atoms with van der Waals surface area (Å²) in [4.78, 5) is 12.0. The molecule has 18 heavy (non-hydrogen) atoms. The van der Waals surface area contributed by atoms with Gasteiger partial charge in [-0.25, -0.2) is 0 Å². The van der Waals surface area contributed by atoms with Gasteiger partial charge in [-0.1, -0.05) is 48.3 Å². The Kier molecular flexibility index (Phi) is 5.82. The summed E-state index contributed by atoms with van der Waals surface area (Å²) >= 11 is 3.42. The molecular weight excluding hydrogens is 292 g/mol. The molecule has 0 aliphatic heterocycles. The Morgan fingerprint density at radius 1 is 1.44 bits per heavy atom. The zero-order chi connectivity index (χ0) is 13.7. The molecule has 1 aromatic rings. The van der Waals surface area contributed by atoms with Crippen molar-refractivity contribution in [1.29, 1.82) is 0 Å². The largest absolute Gasteiger partial charge is 0.348 e. The van der Waals surface area contributed by atoms with E-state index in [1.165, 1.54) is 0 Å². The molecule has 0 aromatic heterocycles. The Balaban J connectivity index is 2.65. The van der Waals surface area contributed by atoms with Crippen molar-refractivity contribution in [1.82, 2.24) is 5.32 Å². The third-order valence-electron chi connectivity index (χ3n) is 3.27. The number of nitrogens with one attached hydrogen (secondary N) is 1. The summed E-state index contributed by atoms with van der Waals surface area (Å²) in [5.41, 5.74) is 6.97. The second-order valence-electron chi connectivity index (χ2n) is 4.70. The van der Waals surface area contributed by atoms with E-state index >= 15 is 0 Å². The lowest BCUT2D eigenvalue weighted by Gasteiger charge is -2.21. The van der Waals surface area contributed by atoms with Gasteiger partial charge in [0.1, 0.15) is 0 Å². The van der Waals surface area contributed by atoms with Crippen LogP contribution in [0.1, 0.15) is 38.8 Å². The highest BCUT2D eigenvalue weighted by atomic mass is 79.9. The third-order valence-corrected chi connectivity index (χ3v) is 3.76. The van der Waals surface area contributed by atoms with E-state index in [1.807, 2.05) is 45.0 Å². The summed E-state index contributed by atoms with van der Waals surface area (Å²) in [6, 6.07) is 7.43. The molecule has 0 radical (unpaired) electrons. The van der Waals surface area contributed by atoms with Crippen LogP contribution in [-0.2, 0) is 4.79 Å². The molecule has 0 unspecified atom stereocenters. The lowest BCUT2D eigenvalue weighted by Crippen LogP contribution is -2.45. The van der Waals surface area contributed by atoms with Crippen LogP contribution in [0.4, 0.5) is 0 Å². The molecule has 100 valence electrons. The van der Waals surface area contributed by atoms with Crippen molar-refractivity contribution in [3.8, 4) is 0 Å². The number of hydrogen-bond donors (Lipinski definition) is 2. The molecule has 4 heteroatoms. The predicted molar refractivity (Wildman–Crippen MR) is 78.1 cm³/mol. The number of halogens is 1. The van der Waals surface area contributed by atoms with Gasteiger partial charge in [-0.15, -0.1) is 0 Å². The number of carbonyl (C=O) groups is 1. The fraction of sp³-hybridized carbons (Fsp3) is 0.500. The minimum atomic E-state index is -0.440. The minimum Gasteiger partial charge on any atom is -0.348 e. The SMILES string of the molecule is CC[C@H](C)[C@H](N)C(=O)N[C@H](C)c1cccc(Br)c1. The Hall–Kier alpha value is -0.870. The first kappa shape index (κ1) is 15.2. The fourth-order valence-electron chi connectivity index (χ4n) is 1.68. The molecule has 0 aliphatic carbocycles. The van der Waals surface area contributed by atoms with Crippen LogP contribution in [0.3, 0.4) is 0 Å². The van der Waals surface area contributed by atoms with Crippen molar-refractivity contribution in [2.45, 2.75) is 39.3 Å². The van der Waals surface area contributed by atoms with Crippen molar-refractivity contribution in [3.63, 3.8) is 0 Å². The first-order valence-electron chi connectivity index (χ1n) is 6.27. The molecule has 1 amide bonds. The van der Waals surface area contributed by atoms with E-state index in [4.69, 9.17) is 5.73 Å². The molecule has 3 N–H and O–H groups in total. The number of hydrogen-bond acceptors (Lipinski definition) is 2. The van der Waals surface area contributed by atoms with E-state index < -0.39 is 6.04 Å². The van der Waals surface area contributed by atoms with Crippen LogP contribution in [0.2, 0.25) is 0 Å². The highest BCUT2D eigenvalue weighted by molar-refractivity contribution is 9.10. The summed E-state index contributed by atoms with van der Waals surface area (Å²) < 4.78 is 1.01. The Labute approximate surface area is 117 Å². The standard InChI is InChI=1S/C14H21BrN2O/c1-4-9(2)13(16)14(18)17-10(3)11-6-5-7-12(15)8-11/h5-10,13H,4,16H2,1-3H3,(H,17,18)/t9-,10+,13-/m0/s1. The normalized spacial score (nSPS) is 15.8. The highest BCUT2D eigenvalue weighted by Gasteiger charge is 2.21. The van der Waals surface area contributed by atoms with Crippen molar-refractivity contribution in [3.05, 3.63) is 34.3 Å². The number of rotatable bonds is 5. The van der Waals surface area contributed by atoms with Crippen LogP contribution >= 0.6 is 15.9 Å². The van der Waals surface area contributed by atoms with E-state index in [-0.39, 0.29) is 17.9 Å². The molecule has 0 spiro atoms. The van der Waals surface area contributed by atoms with Crippen LogP contribution in [0, 0.1) is 5.92 Å². The van der Waals surface area contributed by atoms with Crippen LogP contribution in [0.15, 0.2) is 28.7 Å². The summed E-state index contributed by atoms with van der Waals surface area (Å²) in [5, 5.41) is 2.95. The maximum absolute atomic E-state index is 12.0. The molecule has 1 rings (SSSR count). The molecular formula is C14H21BrN2O. The summed E-state index contributed by atoms with van der Waals surface area (Å²) in [7, 11) is 0. The van der Waals surface area contributed by atoms with E-state index in [0.29, 0.717) is 0 Å². The van der Waals surface area contributed by atoms with E-state index in [0.717, 1.165) is 16.5 Å². The molecule has 3 nitrogen and oxygen atoms in total. The molecule has 0 aliphatic rings. The topological polar surface area (TPSA) is 55.1 Å². The van der Waals surface area contributed by atoms with Crippen LogP contribution in [0.25, 0.3) is 0 Å². The molecule has 0 saturated heterocycles. The molecule has 0 heterocycles.